The van der Waals surface area contributed by atoms with Gasteiger partial charge in [0.15, 0.2) is 0 Å². The summed E-state index contributed by atoms with van der Waals surface area (Å²) in [7, 11) is 1.60. The van der Waals surface area contributed by atoms with E-state index in [0.717, 1.165) is 17.0 Å². The first-order valence-corrected chi connectivity index (χ1v) is 5.91. The predicted molar refractivity (Wildman–Crippen MR) is 70.8 cm³/mol. The topological polar surface area (TPSA) is 50.8 Å². The van der Waals surface area contributed by atoms with Gasteiger partial charge in [0.2, 0.25) is 0 Å². The third kappa shape index (κ3) is 2.13. The van der Waals surface area contributed by atoms with Gasteiger partial charge in [0, 0.05) is 11.3 Å². The Morgan fingerprint density at radius 3 is 2.89 bits per heavy atom. The van der Waals surface area contributed by atoms with Crippen LogP contribution in [-0.4, -0.2) is 22.1 Å². The molecule has 2 aromatic heterocycles. The molecule has 2 heterocycles. The van der Waals surface area contributed by atoms with Crippen LogP contribution in [0.3, 0.4) is 0 Å². The molecule has 1 N–H and O–H groups in total. The third-order valence-corrected chi connectivity index (χ3v) is 3.08. The molecular weight excluding hydrogens is 269 g/mol. The second kappa shape index (κ2) is 4.51. The van der Waals surface area contributed by atoms with Gasteiger partial charge in [-0.15, -0.1) is 0 Å². The lowest BCUT2D eigenvalue weighted by molar-refractivity contribution is 0.415. The molecule has 3 aromatic rings. The molecule has 0 radical (unpaired) electrons. The number of rotatable bonds is 2. The van der Waals surface area contributed by atoms with Crippen molar-refractivity contribution in [1.82, 2.24) is 15.0 Å². The molecule has 0 saturated carbocycles. The van der Waals surface area contributed by atoms with Crippen LogP contribution in [0.25, 0.3) is 22.3 Å². The maximum atomic E-state index is 13.1. The molecule has 0 saturated heterocycles. The van der Waals surface area contributed by atoms with E-state index in [4.69, 9.17) is 16.3 Å². The van der Waals surface area contributed by atoms with Gasteiger partial charge in [-0.3, -0.25) is 0 Å². The van der Waals surface area contributed by atoms with Crippen LogP contribution in [0.5, 0.6) is 5.75 Å². The largest absolute Gasteiger partial charge is 0.497 e. The minimum absolute atomic E-state index is 0.0906. The summed E-state index contributed by atoms with van der Waals surface area (Å²) in [6.07, 6.45) is -0.850. The Morgan fingerprint density at radius 1 is 1.26 bits per heavy atom. The molecule has 0 aliphatic rings. The number of halogens is 2. The molecule has 19 heavy (non-hydrogen) atoms. The standard InChI is InChI=1S/C13H9ClFN3O/c1-19-8-4-2-3-7(5-8)10-6-9-11(14)17-13(15)18-12(9)16-10/h2-6H,1H3,(H,16,17,18). The first kappa shape index (κ1) is 11.9. The second-order valence-corrected chi connectivity index (χ2v) is 4.32. The fourth-order valence-corrected chi connectivity index (χ4v) is 2.11. The summed E-state index contributed by atoms with van der Waals surface area (Å²) in [6, 6.07) is 9.27. The van der Waals surface area contributed by atoms with Gasteiger partial charge < -0.3 is 9.72 Å². The van der Waals surface area contributed by atoms with Gasteiger partial charge in [0.1, 0.15) is 16.5 Å². The van der Waals surface area contributed by atoms with Gasteiger partial charge in [0.05, 0.1) is 12.5 Å². The Labute approximate surface area is 113 Å². The van der Waals surface area contributed by atoms with Gasteiger partial charge in [-0.25, -0.2) is 0 Å². The summed E-state index contributed by atoms with van der Waals surface area (Å²) in [5.74, 6) is 0.736. The minimum atomic E-state index is -0.850. The van der Waals surface area contributed by atoms with Crippen molar-refractivity contribution in [2.75, 3.05) is 7.11 Å². The first-order chi connectivity index (χ1) is 9.17. The summed E-state index contributed by atoms with van der Waals surface area (Å²) >= 11 is 5.89. The molecule has 1 aromatic carbocycles. The van der Waals surface area contributed by atoms with E-state index in [0.29, 0.717) is 11.0 Å². The van der Waals surface area contributed by atoms with Crippen molar-refractivity contribution < 1.29 is 9.13 Å². The van der Waals surface area contributed by atoms with Crippen molar-refractivity contribution in [1.29, 1.82) is 0 Å². The fraction of sp³-hybridized carbons (Fsp3) is 0.0769. The smallest absolute Gasteiger partial charge is 0.312 e. The Balaban J connectivity index is 2.17. The summed E-state index contributed by atoms with van der Waals surface area (Å²) in [4.78, 5) is 10.2. The summed E-state index contributed by atoms with van der Waals surface area (Å²) in [6.45, 7) is 0. The number of nitrogens with zero attached hydrogens (tertiary/aromatic N) is 2. The third-order valence-electron chi connectivity index (χ3n) is 2.79. The van der Waals surface area contributed by atoms with Crippen molar-refractivity contribution in [2.24, 2.45) is 0 Å². The Morgan fingerprint density at radius 2 is 2.11 bits per heavy atom. The van der Waals surface area contributed by atoms with Crippen LogP contribution in [0.4, 0.5) is 4.39 Å². The van der Waals surface area contributed by atoms with Crippen LogP contribution >= 0.6 is 11.6 Å². The summed E-state index contributed by atoms with van der Waals surface area (Å²) < 4.78 is 18.2. The minimum Gasteiger partial charge on any atom is -0.497 e. The summed E-state index contributed by atoms with van der Waals surface area (Å²) in [5.41, 5.74) is 2.04. The van der Waals surface area contributed by atoms with E-state index >= 15 is 0 Å². The Kier molecular flexibility index (Phi) is 2.83. The number of aromatic amines is 1. The number of ether oxygens (including phenoxy) is 1. The zero-order chi connectivity index (χ0) is 13.4. The average molecular weight is 278 g/mol. The number of aromatic nitrogens is 3. The molecule has 96 valence electrons. The van der Waals surface area contributed by atoms with Crippen molar-refractivity contribution in [3.05, 3.63) is 41.6 Å². The van der Waals surface area contributed by atoms with Crippen molar-refractivity contribution >= 4 is 22.6 Å². The van der Waals surface area contributed by atoms with Crippen LogP contribution in [0.1, 0.15) is 0 Å². The predicted octanol–water partition coefficient (Wildman–Crippen LogP) is 3.43. The van der Waals surface area contributed by atoms with Crippen molar-refractivity contribution in [3.8, 4) is 17.0 Å². The fourth-order valence-electron chi connectivity index (χ4n) is 1.89. The van der Waals surface area contributed by atoms with Crippen molar-refractivity contribution in [2.45, 2.75) is 0 Å². The maximum absolute atomic E-state index is 13.1. The second-order valence-electron chi connectivity index (χ2n) is 3.96. The number of benzene rings is 1. The molecule has 0 aliphatic heterocycles. The van der Waals surface area contributed by atoms with Gasteiger partial charge >= 0.3 is 6.08 Å². The Bertz CT molecular complexity index is 757. The molecule has 6 heteroatoms. The van der Waals surface area contributed by atoms with Crippen LogP contribution in [0, 0.1) is 6.08 Å². The zero-order valence-corrected chi connectivity index (χ0v) is 10.7. The molecule has 3 rings (SSSR count). The zero-order valence-electron chi connectivity index (χ0n) is 9.95. The molecule has 0 atom stereocenters. The molecule has 0 fully saturated rings. The van der Waals surface area contributed by atoms with Crippen LogP contribution < -0.4 is 4.74 Å². The number of H-pyrrole nitrogens is 1. The molecule has 4 nitrogen and oxygen atoms in total. The molecule has 0 amide bonds. The van der Waals surface area contributed by atoms with E-state index in [1.54, 1.807) is 13.2 Å². The van der Waals surface area contributed by atoms with E-state index in [-0.39, 0.29) is 5.15 Å². The number of nitrogens with one attached hydrogen (secondary N) is 1. The quantitative estimate of drug-likeness (QED) is 0.577. The monoisotopic (exact) mass is 277 g/mol. The first-order valence-electron chi connectivity index (χ1n) is 5.53. The summed E-state index contributed by atoms with van der Waals surface area (Å²) in [5, 5.41) is 0.675. The van der Waals surface area contributed by atoms with E-state index in [1.807, 2.05) is 24.3 Å². The highest BCUT2D eigenvalue weighted by atomic mass is 35.5. The van der Waals surface area contributed by atoms with Gasteiger partial charge in [-0.1, -0.05) is 23.7 Å². The van der Waals surface area contributed by atoms with E-state index in [1.165, 1.54) is 0 Å². The highest BCUT2D eigenvalue weighted by molar-refractivity contribution is 6.34. The Hall–Kier alpha value is -2.14. The lowest BCUT2D eigenvalue weighted by Gasteiger charge is -2.01. The van der Waals surface area contributed by atoms with E-state index in [9.17, 15) is 4.39 Å². The highest BCUT2D eigenvalue weighted by Crippen LogP contribution is 2.28. The van der Waals surface area contributed by atoms with Gasteiger partial charge in [-0.05, 0) is 18.2 Å². The average Bonchev–Trinajstić information content (AvgIpc) is 2.83. The normalized spacial score (nSPS) is 10.9. The van der Waals surface area contributed by atoms with Crippen molar-refractivity contribution in [3.63, 3.8) is 0 Å². The molecule has 0 bridgehead atoms. The van der Waals surface area contributed by atoms with Gasteiger partial charge in [0.25, 0.3) is 0 Å². The number of hydrogen-bond donors (Lipinski definition) is 1. The van der Waals surface area contributed by atoms with Crippen LogP contribution in [-0.2, 0) is 0 Å². The van der Waals surface area contributed by atoms with E-state index in [2.05, 4.69) is 15.0 Å². The number of fused-ring (bicyclic) bond motifs is 1. The number of methoxy groups -OCH3 is 1. The molecular formula is C13H9ClFN3O. The maximum Gasteiger partial charge on any atom is 0.312 e. The SMILES string of the molecule is COc1cccc(-c2cc3c(Cl)nc(F)nc3[nH]2)c1. The lowest BCUT2D eigenvalue weighted by Crippen LogP contribution is -1.89. The lowest BCUT2D eigenvalue weighted by atomic mass is 10.1. The molecule has 0 aliphatic carbocycles. The highest BCUT2D eigenvalue weighted by Gasteiger charge is 2.10. The number of hydrogen-bond acceptors (Lipinski definition) is 3. The molecule has 0 unspecified atom stereocenters. The van der Waals surface area contributed by atoms with E-state index < -0.39 is 6.08 Å². The van der Waals surface area contributed by atoms with Crippen LogP contribution in [0.2, 0.25) is 5.15 Å². The molecule has 0 spiro atoms. The van der Waals surface area contributed by atoms with Crippen LogP contribution in [0.15, 0.2) is 30.3 Å². The van der Waals surface area contributed by atoms with Gasteiger partial charge in [-0.2, -0.15) is 14.4 Å².